The zero-order valence-electron chi connectivity index (χ0n) is 7.41. The number of ether oxygens (including phenoxy) is 1. The van der Waals surface area contributed by atoms with Crippen molar-refractivity contribution >= 4 is 19.5 Å². The van der Waals surface area contributed by atoms with Gasteiger partial charge in [0.25, 0.3) is 0 Å². The molecular formula is C6H11O7P. The van der Waals surface area contributed by atoms with Crippen LogP contribution in [0.1, 0.15) is 12.8 Å². The van der Waals surface area contributed by atoms with Crippen LogP contribution in [-0.4, -0.2) is 39.6 Å². The molecule has 0 spiro atoms. The highest BCUT2D eigenvalue weighted by Crippen LogP contribution is 2.43. The van der Waals surface area contributed by atoms with Crippen LogP contribution in [0.2, 0.25) is 0 Å². The number of rotatable bonds is 5. The van der Waals surface area contributed by atoms with E-state index in [4.69, 9.17) is 14.9 Å². The van der Waals surface area contributed by atoms with Gasteiger partial charge in [-0.05, 0) is 6.42 Å². The zero-order valence-corrected chi connectivity index (χ0v) is 8.31. The number of carbonyl (C=O) groups is 2. The lowest BCUT2D eigenvalue weighted by Gasteiger charge is -2.12. The molecule has 14 heavy (non-hydrogen) atoms. The van der Waals surface area contributed by atoms with Crippen LogP contribution in [0.3, 0.4) is 0 Å². The average Bonchev–Trinajstić information content (AvgIpc) is 2.01. The summed E-state index contributed by atoms with van der Waals surface area (Å²) in [7, 11) is -3.60. The number of hydrogen-bond acceptors (Lipinski definition) is 4. The van der Waals surface area contributed by atoms with Gasteiger partial charge in [0, 0.05) is 6.42 Å². The van der Waals surface area contributed by atoms with Crippen LogP contribution in [0.15, 0.2) is 0 Å². The van der Waals surface area contributed by atoms with Crippen LogP contribution in [-0.2, 0) is 18.9 Å². The molecule has 0 saturated heterocycles. The van der Waals surface area contributed by atoms with Gasteiger partial charge in [0.15, 0.2) is 5.66 Å². The van der Waals surface area contributed by atoms with Crippen molar-refractivity contribution in [1.82, 2.24) is 0 Å². The lowest BCUT2D eigenvalue weighted by Crippen LogP contribution is -2.21. The second-order valence-corrected chi connectivity index (χ2v) is 4.36. The van der Waals surface area contributed by atoms with Crippen molar-refractivity contribution in [2.45, 2.75) is 18.5 Å². The maximum Gasteiger partial charge on any atom is 0.339 e. The molecule has 3 N–H and O–H groups in total. The number of carboxylic acid groups (broad SMARTS) is 1. The topological polar surface area (TPSA) is 121 Å². The van der Waals surface area contributed by atoms with Crippen LogP contribution in [0.5, 0.6) is 0 Å². The largest absolute Gasteiger partial charge is 0.481 e. The molecule has 0 bridgehead atoms. The maximum absolute atomic E-state index is 10.6. The molecule has 0 aliphatic rings. The first-order valence-electron chi connectivity index (χ1n) is 3.64. The van der Waals surface area contributed by atoms with Crippen molar-refractivity contribution < 1.29 is 33.8 Å². The van der Waals surface area contributed by atoms with Crippen molar-refractivity contribution in [1.29, 1.82) is 0 Å². The molecular weight excluding hydrogens is 215 g/mol. The molecule has 0 aromatic heterocycles. The predicted octanol–water partition coefficient (Wildman–Crippen LogP) is -0.430. The van der Waals surface area contributed by atoms with Gasteiger partial charge in [0.2, 0.25) is 0 Å². The molecule has 0 saturated carbocycles. The van der Waals surface area contributed by atoms with E-state index in [0.29, 0.717) is 0 Å². The highest BCUT2D eigenvalue weighted by atomic mass is 31.2. The first-order valence-corrected chi connectivity index (χ1v) is 5.32. The SMILES string of the molecule is COC(=O)CCC(C(=O)O)P(=O)(O)O. The molecule has 0 aliphatic heterocycles. The summed E-state index contributed by atoms with van der Waals surface area (Å²) in [5, 5.41) is 8.45. The summed E-state index contributed by atoms with van der Waals surface area (Å²) < 4.78 is 14.8. The fourth-order valence-electron chi connectivity index (χ4n) is 0.792. The minimum Gasteiger partial charge on any atom is -0.481 e. The predicted molar refractivity (Wildman–Crippen MR) is 44.7 cm³/mol. The number of hydrogen-bond donors (Lipinski definition) is 3. The first-order chi connectivity index (χ1) is 6.29. The highest BCUT2D eigenvalue weighted by Gasteiger charge is 2.35. The van der Waals surface area contributed by atoms with E-state index < -0.39 is 31.6 Å². The Labute approximate surface area is 79.8 Å². The van der Waals surface area contributed by atoms with Crippen molar-refractivity contribution in [3.05, 3.63) is 0 Å². The molecule has 7 nitrogen and oxygen atoms in total. The van der Waals surface area contributed by atoms with Crippen LogP contribution >= 0.6 is 7.60 Å². The number of carbonyl (C=O) groups excluding carboxylic acids is 1. The smallest absolute Gasteiger partial charge is 0.339 e. The molecule has 0 aliphatic carbocycles. The minimum absolute atomic E-state index is 0.335. The van der Waals surface area contributed by atoms with Gasteiger partial charge in [-0.3, -0.25) is 14.2 Å². The van der Waals surface area contributed by atoms with Crippen LogP contribution < -0.4 is 0 Å². The molecule has 0 heterocycles. The Morgan fingerprint density at radius 3 is 2.21 bits per heavy atom. The van der Waals surface area contributed by atoms with E-state index in [1.54, 1.807) is 0 Å². The van der Waals surface area contributed by atoms with Crippen molar-refractivity contribution in [3.63, 3.8) is 0 Å². The van der Waals surface area contributed by atoms with Crippen LogP contribution in [0, 0.1) is 0 Å². The van der Waals surface area contributed by atoms with Gasteiger partial charge in [0.05, 0.1) is 7.11 Å². The summed E-state index contributed by atoms with van der Waals surface area (Å²) in [4.78, 5) is 38.2. The Balaban J connectivity index is 4.34. The van der Waals surface area contributed by atoms with Gasteiger partial charge in [-0.25, -0.2) is 0 Å². The molecule has 0 amide bonds. The Kier molecular flexibility index (Phi) is 4.76. The molecule has 0 radical (unpaired) electrons. The summed E-state index contributed by atoms with van der Waals surface area (Å²) in [5.41, 5.74) is -1.85. The van der Waals surface area contributed by atoms with E-state index >= 15 is 0 Å². The van der Waals surface area contributed by atoms with Gasteiger partial charge in [0.1, 0.15) is 0 Å². The fraction of sp³-hybridized carbons (Fsp3) is 0.667. The summed E-state index contributed by atoms with van der Waals surface area (Å²) >= 11 is 0. The van der Waals surface area contributed by atoms with Crippen LogP contribution in [0.4, 0.5) is 0 Å². The van der Waals surface area contributed by atoms with Gasteiger partial charge in [-0.2, -0.15) is 0 Å². The van der Waals surface area contributed by atoms with E-state index in [-0.39, 0.29) is 6.42 Å². The summed E-state index contributed by atoms with van der Waals surface area (Å²) in [6, 6.07) is 0. The van der Waals surface area contributed by atoms with Gasteiger partial charge >= 0.3 is 19.5 Å². The van der Waals surface area contributed by atoms with Gasteiger partial charge in [-0.15, -0.1) is 0 Å². The second-order valence-electron chi connectivity index (χ2n) is 2.56. The van der Waals surface area contributed by atoms with E-state index in [0.717, 1.165) is 7.11 Å². The molecule has 0 fully saturated rings. The Morgan fingerprint density at radius 2 is 1.93 bits per heavy atom. The standard InChI is InChI=1S/C6H11O7P/c1-13-5(7)3-2-4(6(8)9)14(10,11)12/h4H,2-3H2,1H3,(H,8,9)(H2,10,11,12). The summed E-state index contributed by atoms with van der Waals surface area (Å²) in [6.45, 7) is 0. The minimum atomic E-state index is -4.71. The molecule has 1 atom stereocenters. The Bertz CT molecular complexity index is 267. The third-order valence-electron chi connectivity index (χ3n) is 1.54. The maximum atomic E-state index is 10.6. The lowest BCUT2D eigenvalue weighted by atomic mass is 10.2. The van der Waals surface area contributed by atoms with Crippen molar-refractivity contribution in [2.75, 3.05) is 7.11 Å². The number of aliphatic carboxylic acids is 1. The normalized spacial score (nSPS) is 13.4. The Hall–Kier alpha value is -0.910. The van der Waals surface area contributed by atoms with Crippen LogP contribution in [0.25, 0.3) is 0 Å². The van der Waals surface area contributed by atoms with Gasteiger partial charge in [-0.1, -0.05) is 0 Å². The summed E-state index contributed by atoms with van der Waals surface area (Å²) in [6.07, 6.45) is -0.773. The summed E-state index contributed by atoms with van der Waals surface area (Å²) in [5.74, 6) is -2.33. The number of carboxylic acids is 1. The zero-order chi connectivity index (χ0) is 11.4. The lowest BCUT2D eigenvalue weighted by molar-refractivity contribution is -0.141. The van der Waals surface area contributed by atoms with Crippen molar-refractivity contribution in [2.24, 2.45) is 0 Å². The van der Waals surface area contributed by atoms with E-state index in [1.165, 1.54) is 0 Å². The van der Waals surface area contributed by atoms with E-state index in [1.807, 2.05) is 0 Å². The quantitative estimate of drug-likeness (QED) is 0.429. The highest BCUT2D eigenvalue weighted by molar-refractivity contribution is 7.53. The average molecular weight is 226 g/mol. The molecule has 0 aromatic rings. The molecule has 1 unspecified atom stereocenters. The van der Waals surface area contributed by atoms with E-state index in [9.17, 15) is 14.2 Å². The number of esters is 1. The molecule has 0 aromatic carbocycles. The van der Waals surface area contributed by atoms with Gasteiger partial charge < -0.3 is 19.6 Å². The number of methoxy groups -OCH3 is 1. The monoisotopic (exact) mass is 226 g/mol. The van der Waals surface area contributed by atoms with Crippen molar-refractivity contribution in [3.8, 4) is 0 Å². The third-order valence-corrected chi connectivity index (χ3v) is 2.83. The first kappa shape index (κ1) is 13.1. The fourth-order valence-corrected chi connectivity index (χ4v) is 1.55. The van der Waals surface area contributed by atoms with E-state index in [2.05, 4.69) is 4.74 Å². The molecule has 82 valence electrons. The Morgan fingerprint density at radius 1 is 1.43 bits per heavy atom. The second kappa shape index (κ2) is 5.09. The molecule has 8 heteroatoms. The third kappa shape index (κ3) is 4.36. The molecule has 0 rings (SSSR count).